The van der Waals surface area contributed by atoms with Gasteiger partial charge in [-0.1, -0.05) is 19.1 Å². The minimum atomic E-state index is -0.935. The van der Waals surface area contributed by atoms with E-state index in [1.165, 1.54) is 6.08 Å². The molecule has 0 aliphatic rings. The van der Waals surface area contributed by atoms with E-state index in [0.717, 1.165) is 12.6 Å². The number of carbonyl (C=O) groups is 3. The Hall–Kier alpha value is -3.86. The summed E-state index contributed by atoms with van der Waals surface area (Å²) in [6, 6.07) is 6.47. The van der Waals surface area contributed by atoms with Crippen LogP contribution in [0.1, 0.15) is 23.7 Å². The molecule has 0 atom stereocenters. The number of benzene rings is 1. The molecule has 3 amide bonds. The van der Waals surface area contributed by atoms with Crippen molar-refractivity contribution in [2.45, 2.75) is 13.3 Å². The zero-order chi connectivity index (χ0) is 24.2. The minimum Gasteiger partial charge on any atom is -0.369 e. The number of amides is 3. The molecule has 1 aromatic carbocycles. The van der Waals surface area contributed by atoms with Crippen molar-refractivity contribution in [1.29, 1.82) is 0 Å². The van der Waals surface area contributed by atoms with Crippen LogP contribution in [-0.2, 0) is 9.59 Å². The molecule has 0 fully saturated rings. The molecule has 4 N–H and O–H groups in total. The lowest BCUT2D eigenvalue weighted by atomic mass is 10.2. The largest absolute Gasteiger partial charge is 0.369 e. The third-order valence-corrected chi connectivity index (χ3v) is 4.11. The number of hydrogen-bond acceptors (Lipinski definition) is 7. The van der Waals surface area contributed by atoms with Crippen molar-refractivity contribution in [2.24, 2.45) is 0 Å². The van der Waals surface area contributed by atoms with E-state index >= 15 is 0 Å². The number of aromatic nitrogens is 2. The lowest BCUT2D eigenvalue weighted by Crippen LogP contribution is -2.31. The average molecular weight is 458 g/mol. The van der Waals surface area contributed by atoms with Crippen molar-refractivity contribution in [3.8, 4) is 0 Å². The second-order valence-corrected chi connectivity index (χ2v) is 7.29. The Kier molecular flexibility index (Phi) is 9.90. The van der Waals surface area contributed by atoms with Crippen LogP contribution >= 0.6 is 0 Å². The second-order valence-electron chi connectivity index (χ2n) is 7.29. The van der Waals surface area contributed by atoms with Gasteiger partial charge in [-0.15, -0.1) is 0 Å². The summed E-state index contributed by atoms with van der Waals surface area (Å²) in [5, 5.41) is 10.7. The Bertz CT molecular complexity index is 1010. The fourth-order valence-corrected chi connectivity index (χ4v) is 2.58. The van der Waals surface area contributed by atoms with Gasteiger partial charge in [-0.25, -0.2) is 4.98 Å². The summed E-state index contributed by atoms with van der Waals surface area (Å²) in [5.41, 5.74) is 0.915. The van der Waals surface area contributed by atoms with Crippen molar-refractivity contribution >= 4 is 34.9 Å². The van der Waals surface area contributed by atoms with Crippen molar-refractivity contribution in [3.63, 3.8) is 0 Å². The molecule has 176 valence electrons. The van der Waals surface area contributed by atoms with Gasteiger partial charge in [0, 0.05) is 36.7 Å². The molecule has 0 saturated heterocycles. The van der Waals surface area contributed by atoms with E-state index < -0.39 is 17.9 Å². The van der Waals surface area contributed by atoms with Crippen molar-refractivity contribution in [1.82, 2.24) is 20.2 Å². The molecule has 0 bridgehead atoms. The molecule has 0 saturated carbocycles. The van der Waals surface area contributed by atoms with Crippen LogP contribution in [-0.4, -0.2) is 66.3 Å². The van der Waals surface area contributed by atoms with Crippen LogP contribution in [0, 0.1) is 6.08 Å². The molecule has 0 spiro atoms. The third kappa shape index (κ3) is 9.03. The van der Waals surface area contributed by atoms with E-state index in [2.05, 4.69) is 31.2 Å². The van der Waals surface area contributed by atoms with Crippen LogP contribution < -0.4 is 21.3 Å². The summed E-state index contributed by atoms with van der Waals surface area (Å²) < 4.78 is 13.4. The fraction of sp³-hybridized carbons (Fsp3) is 0.318. The van der Waals surface area contributed by atoms with Gasteiger partial charge in [-0.05, 0) is 38.7 Å². The minimum absolute atomic E-state index is 0.0873. The Labute approximate surface area is 191 Å². The van der Waals surface area contributed by atoms with Gasteiger partial charge in [0.05, 0.1) is 6.54 Å². The van der Waals surface area contributed by atoms with Crippen LogP contribution in [0.2, 0.25) is 0 Å². The van der Waals surface area contributed by atoms with Gasteiger partial charge in [0.1, 0.15) is 11.4 Å². The van der Waals surface area contributed by atoms with Crippen LogP contribution in [0.5, 0.6) is 0 Å². The molecule has 1 aromatic heterocycles. The third-order valence-electron chi connectivity index (χ3n) is 4.11. The molecule has 33 heavy (non-hydrogen) atoms. The van der Waals surface area contributed by atoms with Crippen LogP contribution in [0.3, 0.4) is 0 Å². The number of carbonyl (C=O) groups excluding carboxylic acids is 3. The summed E-state index contributed by atoms with van der Waals surface area (Å²) in [6.45, 7) is 2.84. The summed E-state index contributed by atoms with van der Waals surface area (Å²) in [6.07, 6.45) is 3.99. The molecule has 0 aliphatic carbocycles. The van der Waals surface area contributed by atoms with Gasteiger partial charge in [0.15, 0.2) is 0 Å². The summed E-state index contributed by atoms with van der Waals surface area (Å²) >= 11 is 0. The highest BCUT2D eigenvalue weighted by Crippen LogP contribution is 2.18. The standard InChI is InChI=1S/C22H28FN7O3/c1-4-10-24-20-17(13-26-22(23)29-20)21(33)28-16-8-5-7-15(12-16)27-19(32)14-25-18(31)9-6-11-30(2)3/h5-9,12-13H,4,10-11,14H2,1-3H3,(H,25,31)(H,27,32)(H,28,33)(H,24,26,29)/b9-6+. The van der Waals surface area contributed by atoms with Crippen LogP contribution in [0.25, 0.3) is 0 Å². The molecule has 1 heterocycles. The first-order valence-corrected chi connectivity index (χ1v) is 10.3. The van der Waals surface area contributed by atoms with E-state index in [-0.39, 0.29) is 23.8 Å². The topological polar surface area (TPSA) is 128 Å². The van der Waals surface area contributed by atoms with E-state index in [0.29, 0.717) is 24.5 Å². The predicted molar refractivity (Wildman–Crippen MR) is 124 cm³/mol. The van der Waals surface area contributed by atoms with E-state index in [4.69, 9.17) is 0 Å². The van der Waals surface area contributed by atoms with Gasteiger partial charge in [-0.3, -0.25) is 14.4 Å². The van der Waals surface area contributed by atoms with Gasteiger partial charge < -0.3 is 26.2 Å². The Morgan fingerprint density at radius 3 is 2.58 bits per heavy atom. The first-order valence-electron chi connectivity index (χ1n) is 10.3. The molecular weight excluding hydrogens is 429 g/mol. The highest BCUT2D eigenvalue weighted by atomic mass is 19.1. The molecule has 2 rings (SSSR count). The predicted octanol–water partition coefficient (Wildman–Crippen LogP) is 1.86. The molecule has 11 heteroatoms. The first kappa shape index (κ1) is 25.4. The SMILES string of the molecule is CCCNc1nc(F)ncc1C(=O)Nc1cccc(NC(=O)CNC(=O)/C=C/CN(C)C)c1. The maximum atomic E-state index is 13.4. The van der Waals surface area contributed by atoms with Crippen LogP contribution in [0.4, 0.5) is 21.6 Å². The summed E-state index contributed by atoms with van der Waals surface area (Å²) in [5.74, 6) is -1.23. The van der Waals surface area contributed by atoms with Crippen molar-refractivity contribution in [2.75, 3.05) is 49.7 Å². The van der Waals surface area contributed by atoms with Gasteiger partial charge in [0.25, 0.3) is 5.91 Å². The summed E-state index contributed by atoms with van der Waals surface area (Å²) in [7, 11) is 3.75. The van der Waals surface area contributed by atoms with Gasteiger partial charge >= 0.3 is 6.08 Å². The van der Waals surface area contributed by atoms with E-state index in [9.17, 15) is 18.8 Å². The number of nitrogens with zero attached hydrogens (tertiary/aromatic N) is 3. The monoisotopic (exact) mass is 457 g/mol. The smallest absolute Gasteiger partial charge is 0.310 e. The number of nitrogens with one attached hydrogen (secondary N) is 4. The molecule has 0 aliphatic heterocycles. The molecule has 2 aromatic rings. The number of hydrogen-bond donors (Lipinski definition) is 4. The highest BCUT2D eigenvalue weighted by Gasteiger charge is 2.15. The first-order chi connectivity index (χ1) is 15.8. The number of halogens is 1. The average Bonchev–Trinajstić information content (AvgIpc) is 2.76. The molecule has 10 nitrogen and oxygen atoms in total. The molecular formula is C22H28FN7O3. The maximum Gasteiger partial charge on any atom is 0.310 e. The summed E-state index contributed by atoms with van der Waals surface area (Å²) in [4.78, 5) is 45.5. The number of likely N-dealkylation sites (N-methyl/N-ethyl adjacent to an activating group) is 1. The van der Waals surface area contributed by atoms with Gasteiger partial charge in [-0.2, -0.15) is 9.37 Å². The molecule has 0 unspecified atom stereocenters. The normalized spacial score (nSPS) is 10.8. The molecule has 0 radical (unpaired) electrons. The van der Waals surface area contributed by atoms with Crippen molar-refractivity contribution < 1.29 is 18.8 Å². The number of anilines is 3. The van der Waals surface area contributed by atoms with E-state index in [1.54, 1.807) is 30.3 Å². The zero-order valence-corrected chi connectivity index (χ0v) is 18.8. The number of rotatable bonds is 11. The zero-order valence-electron chi connectivity index (χ0n) is 18.8. The van der Waals surface area contributed by atoms with Crippen LogP contribution in [0.15, 0.2) is 42.6 Å². The Morgan fingerprint density at radius 1 is 1.15 bits per heavy atom. The lowest BCUT2D eigenvalue weighted by Gasteiger charge is -2.12. The Balaban J connectivity index is 1.95. The highest BCUT2D eigenvalue weighted by molar-refractivity contribution is 6.07. The lowest BCUT2D eigenvalue weighted by molar-refractivity contribution is -0.121. The quantitative estimate of drug-likeness (QED) is 0.299. The van der Waals surface area contributed by atoms with E-state index in [1.807, 2.05) is 25.9 Å². The second kappa shape index (κ2) is 12.9. The Morgan fingerprint density at radius 2 is 1.88 bits per heavy atom. The van der Waals surface area contributed by atoms with Crippen molar-refractivity contribution in [3.05, 3.63) is 54.3 Å². The fourth-order valence-electron chi connectivity index (χ4n) is 2.58. The maximum absolute atomic E-state index is 13.4. The van der Waals surface area contributed by atoms with Gasteiger partial charge in [0.2, 0.25) is 11.8 Å².